The van der Waals surface area contributed by atoms with Crippen LogP contribution in [0.4, 0.5) is 5.95 Å². The van der Waals surface area contributed by atoms with E-state index in [9.17, 15) is 4.79 Å². The lowest BCUT2D eigenvalue weighted by Gasteiger charge is -2.32. The molecule has 2 N–H and O–H groups in total. The maximum atomic E-state index is 12.6. The lowest BCUT2D eigenvalue weighted by atomic mass is 10.1. The fourth-order valence-electron chi connectivity index (χ4n) is 3.13. The van der Waals surface area contributed by atoms with Crippen LogP contribution < -0.4 is 10.2 Å². The number of nitrogens with one attached hydrogen (secondary N) is 2. The summed E-state index contributed by atoms with van der Waals surface area (Å²) in [7, 11) is 0. The predicted molar refractivity (Wildman–Crippen MR) is 101 cm³/mol. The third kappa shape index (κ3) is 3.60. The third-order valence-corrected chi connectivity index (χ3v) is 5.44. The minimum absolute atomic E-state index is 0.0594. The number of anilines is 1. The number of aromatic amines is 1. The molecule has 1 atom stereocenters. The molecule has 4 rings (SSSR count). The van der Waals surface area contributed by atoms with Gasteiger partial charge in [-0.25, -0.2) is 9.97 Å². The van der Waals surface area contributed by atoms with Gasteiger partial charge < -0.3 is 10.2 Å². The highest BCUT2D eigenvalue weighted by Crippen LogP contribution is 2.26. The highest BCUT2D eigenvalue weighted by atomic mass is 32.1. The molecule has 7 nitrogen and oxygen atoms in total. The Bertz CT molecular complexity index is 890. The Balaban J connectivity index is 1.41. The largest absolute Gasteiger partial charge is 0.346 e. The van der Waals surface area contributed by atoms with E-state index in [1.807, 2.05) is 12.1 Å². The molecular formula is C18H20N6OS. The summed E-state index contributed by atoms with van der Waals surface area (Å²) in [4.78, 5) is 25.6. The molecule has 1 amide bonds. The molecule has 0 saturated carbocycles. The van der Waals surface area contributed by atoms with Crippen molar-refractivity contribution in [2.75, 3.05) is 18.0 Å². The summed E-state index contributed by atoms with van der Waals surface area (Å²) in [6.07, 6.45) is 5.41. The van der Waals surface area contributed by atoms with Crippen LogP contribution in [-0.2, 0) is 0 Å². The molecule has 4 heterocycles. The summed E-state index contributed by atoms with van der Waals surface area (Å²) in [6, 6.07) is 7.76. The lowest BCUT2D eigenvalue weighted by molar-refractivity contribution is 0.0928. The van der Waals surface area contributed by atoms with Crippen LogP contribution >= 0.6 is 11.3 Å². The minimum atomic E-state index is -0.151. The van der Waals surface area contributed by atoms with Crippen molar-refractivity contribution < 1.29 is 4.79 Å². The number of thiophene rings is 1. The van der Waals surface area contributed by atoms with E-state index in [4.69, 9.17) is 0 Å². The van der Waals surface area contributed by atoms with E-state index in [1.54, 1.807) is 29.8 Å². The zero-order chi connectivity index (χ0) is 17.9. The van der Waals surface area contributed by atoms with Crippen molar-refractivity contribution >= 4 is 23.2 Å². The van der Waals surface area contributed by atoms with E-state index in [-0.39, 0.29) is 11.9 Å². The summed E-state index contributed by atoms with van der Waals surface area (Å²) in [5.41, 5.74) is 1.29. The van der Waals surface area contributed by atoms with Gasteiger partial charge in [0.2, 0.25) is 5.95 Å². The third-order valence-electron chi connectivity index (χ3n) is 4.41. The number of aryl methyl sites for hydroxylation is 1. The van der Waals surface area contributed by atoms with Crippen molar-refractivity contribution in [3.63, 3.8) is 0 Å². The molecule has 0 radical (unpaired) electrons. The molecule has 1 saturated heterocycles. The van der Waals surface area contributed by atoms with E-state index in [0.29, 0.717) is 18.2 Å². The van der Waals surface area contributed by atoms with E-state index in [2.05, 4.69) is 43.4 Å². The van der Waals surface area contributed by atoms with Crippen LogP contribution in [0, 0.1) is 6.92 Å². The number of hydrogen-bond acceptors (Lipinski definition) is 6. The zero-order valence-corrected chi connectivity index (χ0v) is 15.3. The Kier molecular flexibility index (Phi) is 4.66. The highest BCUT2D eigenvalue weighted by Gasteiger charge is 2.24. The molecule has 0 unspecified atom stereocenters. The van der Waals surface area contributed by atoms with Gasteiger partial charge in [-0.2, -0.15) is 5.10 Å². The Labute approximate surface area is 155 Å². The van der Waals surface area contributed by atoms with E-state index >= 15 is 0 Å². The molecule has 0 bridgehead atoms. The van der Waals surface area contributed by atoms with Crippen molar-refractivity contribution in [2.45, 2.75) is 25.8 Å². The first kappa shape index (κ1) is 16.7. The number of rotatable bonds is 4. The Morgan fingerprint density at radius 2 is 2.19 bits per heavy atom. The number of aromatic nitrogens is 4. The fraction of sp³-hybridized carbons (Fsp3) is 0.333. The molecule has 3 aromatic heterocycles. The number of nitrogens with zero attached hydrogens (tertiary/aromatic N) is 4. The van der Waals surface area contributed by atoms with Crippen molar-refractivity contribution in [3.8, 4) is 10.6 Å². The molecule has 0 spiro atoms. The SMILES string of the molecule is Cc1ccc(-c2cc(C(=O)N[C@@H]3CCCN(c4ncccn4)C3)n[nH]2)s1. The summed E-state index contributed by atoms with van der Waals surface area (Å²) < 4.78 is 0. The molecular weight excluding hydrogens is 348 g/mol. The predicted octanol–water partition coefficient (Wildman–Crippen LogP) is 2.64. The number of hydrogen-bond donors (Lipinski definition) is 2. The summed E-state index contributed by atoms with van der Waals surface area (Å²) >= 11 is 1.68. The van der Waals surface area contributed by atoms with E-state index in [1.165, 1.54) is 4.88 Å². The van der Waals surface area contributed by atoms with Crippen LogP contribution in [0.25, 0.3) is 10.6 Å². The van der Waals surface area contributed by atoms with Crippen LogP contribution in [-0.4, -0.2) is 45.2 Å². The maximum absolute atomic E-state index is 12.6. The second kappa shape index (κ2) is 7.25. The van der Waals surface area contributed by atoms with E-state index < -0.39 is 0 Å². The second-order valence-electron chi connectivity index (χ2n) is 6.38. The average Bonchev–Trinajstić information content (AvgIpc) is 3.32. The number of piperidine rings is 1. The van der Waals surface area contributed by atoms with Crippen molar-refractivity contribution in [2.24, 2.45) is 0 Å². The molecule has 8 heteroatoms. The molecule has 1 aliphatic heterocycles. The first-order chi connectivity index (χ1) is 12.7. The number of H-pyrrole nitrogens is 1. The van der Waals surface area contributed by atoms with Crippen LogP contribution in [0.5, 0.6) is 0 Å². The van der Waals surface area contributed by atoms with E-state index in [0.717, 1.165) is 30.0 Å². The topological polar surface area (TPSA) is 86.8 Å². The quantitative estimate of drug-likeness (QED) is 0.739. The van der Waals surface area contributed by atoms with Crippen LogP contribution in [0.15, 0.2) is 36.7 Å². The average molecular weight is 368 g/mol. The summed E-state index contributed by atoms with van der Waals surface area (Å²) in [5.74, 6) is 0.558. The van der Waals surface area contributed by atoms with Crippen LogP contribution in [0.1, 0.15) is 28.2 Å². The van der Waals surface area contributed by atoms with Gasteiger partial charge in [0, 0.05) is 36.4 Å². The fourth-order valence-corrected chi connectivity index (χ4v) is 3.97. The lowest BCUT2D eigenvalue weighted by Crippen LogP contribution is -2.48. The van der Waals surface area contributed by atoms with Gasteiger partial charge >= 0.3 is 0 Å². The maximum Gasteiger partial charge on any atom is 0.272 e. The smallest absolute Gasteiger partial charge is 0.272 e. The standard InChI is InChI=1S/C18H20N6OS/c1-12-5-6-16(26-12)14-10-15(23-22-14)17(25)21-13-4-2-9-24(11-13)18-19-7-3-8-20-18/h3,5-8,10,13H,2,4,9,11H2,1H3,(H,21,25)(H,22,23)/t13-/m1/s1. The normalized spacial score (nSPS) is 17.3. The van der Waals surface area contributed by atoms with Crippen LogP contribution in [0.2, 0.25) is 0 Å². The number of carbonyl (C=O) groups is 1. The van der Waals surface area contributed by atoms with Gasteiger partial charge in [0.15, 0.2) is 5.69 Å². The first-order valence-electron chi connectivity index (χ1n) is 8.64. The monoisotopic (exact) mass is 368 g/mol. The first-order valence-corrected chi connectivity index (χ1v) is 9.46. The van der Waals surface area contributed by atoms with Gasteiger partial charge in [-0.15, -0.1) is 11.3 Å². The van der Waals surface area contributed by atoms with Gasteiger partial charge in [0.05, 0.1) is 10.6 Å². The van der Waals surface area contributed by atoms with Gasteiger partial charge in [-0.05, 0) is 44.0 Å². The molecule has 0 aromatic carbocycles. The highest BCUT2D eigenvalue weighted by molar-refractivity contribution is 7.15. The van der Waals surface area contributed by atoms with Crippen molar-refractivity contribution in [1.82, 2.24) is 25.5 Å². The molecule has 26 heavy (non-hydrogen) atoms. The van der Waals surface area contributed by atoms with Crippen molar-refractivity contribution in [1.29, 1.82) is 0 Å². The number of amides is 1. The van der Waals surface area contributed by atoms with Gasteiger partial charge in [0.1, 0.15) is 0 Å². The number of carbonyl (C=O) groups excluding carboxylic acids is 1. The summed E-state index contributed by atoms with van der Waals surface area (Å²) in [6.45, 7) is 3.67. The van der Waals surface area contributed by atoms with Crippen molar-refractivity contribution in [3.05, 3.63) is 47.2 Å². The van der Waals surface area contributed by atoms with Gasteiger partial charge in [-0.1, -0.05) is 0 Å². The molecule has 1 aliphatic rings. The molecule has 0 aliphatic carbocycles. The van der Waals surface area contributed by atoms with Crippen LogP contribution in [0.3, 0.4) is 0 Å². The Morgan fingerprint density at radius 1 is 1.35 bits per heavy atom. The summed E-state index contributed by atoms with van der Waals surface area (Å²) in [5, 5.41) is 10.2. The zero-order valence-electron chi connectivity index (χ0n) is 14.5. The molecule has 1 fully saturated rings. The Hall–Kier alpha value is -2.74. The van der Waals surface area contributed by atoms with Gasteiger partial charge in [-0.3, -0.25) is 9.89 Å². The van der Waals surface area contributed by atoms with Gasteiger partial charge in [0.25, 0.3) is 5.91 Å². The molecule has 134 valence electrons. The molecule has 3 aromatic rings. The Morgan fingerprint density at radius 3 is 2.96 bits per heavy atom. The second-order valence-corrected chi connectivity index (χ2v) is 7.67. The minimum Gasteiger partial charge on any atom is -0.346 e.